The summed E-state index contributed by atoms with van der Waals surface area (Å²) in [6.45, 7) is 0.117. The van der Waals surface area contributed by atoms with Crippen LogP contribution < -0.4 is 14.8 Å². The topological polar surface area (TPSA) is 98.1 Å². The van der Waals surface area contributed by atoms with Crippen molar-refractivity contribution in [2.75, 3.05) is 7.11 Å². The van der Waals surface area contributed by atoms with E-state index in [2.05, 4.69) is 5.32 Å². The summed E-state index contributed by atoms with van der Waals surface area (Å²) in [6.07, 6.45) is 2.81. The van der Waals surface area contributed by atoms with Gasteiger partial charge in [-0.1, -0.05) is 35.3 Å². The molecule has 4 amide bonds. The fourth-order valence-corrected chi connectivity index (χ4v) is 3.57. The zero-order chi connectivity index (χ0) is 24.2. The number of urea groups is 1. The molecule has 34 heavy (non-hydrogen) atoms. The summed E-state index contributed by atoms with van der Waals surface area (Å²) in [6, 6.07) is 12.6. The quantitative estimate of drug-likeness (QED) is 0.368. The molecule has 1 saturated heterocycles. The normalized spacial score (nSPS) is 15.0. The van der Waals surface area contributed by atoms with Crippen LogP contribution in [0.2, 0.25) is 10.0 Å². The van der Waals surface area contributed by atoms with Crippen LogP contribution in [0, 0.1) is 0 Å². The molecule has 0 unspecified atom stereocenters. The molecule has 2 heterocycles. The molecule has 1 N–H and O–H groups in total. The van der Waals surface area contributed by atoms with Crippen LogP contribution in [-0.4, -0.2) is 29.9 Å². The molecule has 0 radical (unpaired) electrons. The monoisotopic (exact) mass is 500 g/mol. The van der Waals surface area contributed by atoms with Gasteiger partial charge in [0.1, 0.15) is 17.9 Å². The Balaban J connectivity index is 1.54. The van der Waals surface area contributed by atoms with Crippen molar-refractivity contribution in [3.05, 3.63) is 87.3 Å². The smallest absolute Gasteiger partial charge is 0.331 e. The summed E-state index contributed by atoms with van der Waals surface area (Å²) in [4.78, 5) is 38.3. The first-order valence-corrected chi connectivity index (χ1v) is 10.8. The Morgan fingerprint density at radius 1 is 1.03 bits per heavy atom. The molecule has 3 aromatic rings. The van der Waals surface area contributed by atoms with Gasteiger partial charge >= 0.3 is 6.03 Å². The highest BCUT2D eigenvalue weighted by Crippen LogP contribution is 2.31. The minimum absolute atomic E-state index is 0.104. The standard InChI is InChI=1S/C24H18Cl2N2O6/c1-32-21-11-14(5-7-20(21)34-13-15-4-6-18(25)19(26)10-15)9-17-22(29)27-24(31)28(23(17)30)12-16-3-2-8-33-16/h2-11H,12-13H2,1H3,(H,27,29,31)/b17-9+. The van der Waals surface area contributed by atoms with Crippen molar-refractivity contribution in [2.45, 2.75) is 13.2 Å². The summed E-state index contributed by atoms with van der Waals surface area (Å²) < 4.78 is 16.4. The molecule has 0 spiro atoms. The minimum atomic E-state index is -0.813. The highest BCUT2D eigenvalue weighted by Gasteiger charge is 2.36. The van der Waals surface area contributed by atoms with Gasteiger partial charge in [0.25, 0.3) is 11.8 Å². The molecule has 8 nitrogen and oxygen atoms in total. The number of barbiturate groups is 1. The van der Waals surface area contributed by atoms with Crippen molar-refractivity contribution in [3.8, 4) is 11.5 Å². The maximum atomic E-state index is 12.9. The van der Waals surface area contributed by atoms with Gasteiger partial charge in [0, 0.05) is 0 Å². The number of nitrogens with zero attached hydrogens (tertiary/aromatic N) is 1. The number of hydrogen-bond donors (Lipinski definition) is 1. The lowest BCUT2D eigenvalue weighted by atomic mass is 10.1. The van der Waals surface area contributed by atoms with Gasteiger partial charge in [0.15, 0.2) is 11.5 Å². The number of nitrogens with one attached hydrogen (secondary N) is 1. The first-order valence-electron chi connectivity index (χ1n) is 10.0. The summed E-state index contributed by atoms with van der Waals surface area (Å²) >= 11 is 12.0. The summed E-state index contributed by atoms with van der Waals surface area (Å²) in [7, 11) is 1.47. The minimum Gasteiger partial charge on any atom is -0.493 e. The SMILES string of the molecule is COc1cc(/C=C2\C(=O)NC(=O)N(Cc3ccco3)C2=O)ccc1OCc1ccc(Cl)c(Cl)c1. The Kier molecular flexibility index (Phi) is 6.90. The zero-order valence-electron chi connectivity index (χ0n) is 17.8. The third-order valence-electron chi connectivity index (χ3n) is 4.96. The number of furan rings is 1. The number of carbonyl (C=O) groups excluding carboxylic acids is 3. The van der Waals surface area contributed by atoms with Crippen LogP contribution >= 0.6 is 23.2 Å². The molecule has 1 aromatic heterocycles. The van der Waals surface area contributed by atoms with Crippen LogP contribution in [0.5, 0.6) is 11.5 Å². The number of imide groups is 2. The Morgan fingerprint density at radius 3 is 2.56 bits per heavy atom. The molecule has 10 heteroatoms. The van der Waals surface area contributed by atoms with Gasteiger partial charge in [0.05, 0.1) is 30.0 Å². The molecular weight excluding hydrogens is 483 g/mol. The number of amides is 4. The zero-order valence-corrected chi connectivity index (χ0v) is 19.4. The second-order valence-corrected chi connectivity index (χ2v) is 8.05. The molecular formula is C24H18Cl2N2O6. The largest absolute Gasteiger partial charge is 0.493 e. The van der Waals surface area contributed by atoms with Crippen LogP contribution in [0.15, 0.2) is 64.8 Å². The average Bonchev–Trinajstić information content (AvgIpc) is 3.34. The molecule has 0 aliphatic carbocycles. The van der Waals surface area contributed by atoms with Crippen LogP contribution in [0.4, 0.5) is 4.79 Å². The van der Waals surface area contributed by atoms with Crippen LogP contribution in [0.3, 0.4) is 0 Å². The third-order valence-corrected chi connectivity index (χ3v) is 5.70. The highest BCUT2D eigenvalue weighted by atomic mass is 35.5. The van der Waals surface area contributed by atoms with E-state index in [1.807, 2.05) is 0 Å². The maximum absolute atomic E-state index is 12.9. The Hall–Kier alpha value is -3.75. The van der Waals surface area contributed by atoms with Crippen LogP contribution in [0.25, 0.3) is 6.08 Å². The lowest BCUT2D eigenvalue weighted by Gasteiger charge is -2.25. The number of methoxy groups -OCH3 is 1. The number of carbonyl (C=O) groups is 3. The Bertz CT molecular complexity index is 1290. The Labute approximate surface area is 204 Å². The number of ether oxygens (including phenoxy) is 2. The van der Waals surface area contributed by atoms with E-state index >= 15 is 0 Å². The molecule has 174 valence electrons. The van der Waals surface area contributed by atoms with Gasteiger partial charge in [-0.2, -0.15) is 0 Å². The second-order valence-electron chi connectivity index (χ2n) is 7.24. The highest BCUT2D eigenvalue weighted by molar-refractivity contribution is 6.42. The van der Waals surface area contributed by atoms with E-state index in [1.165, 1.54) is 19.4 Å². The second kappa shape index (κ2) is 10.0. The predicted molar refractivity (Wildman–Crippen MR) is 125 cm³/mol. The number of rotatable bonds is 7. The van der Waals surface area contributed by atoms with E-state index in [0.717, 1.165) is 10.5 Å². The summed E-state index contributed by atoms with van der Waals surface area (Å²) in [5, 5.41) is 3.04. The number of benzene rings is 2. The predicted octanol–water partition coefficient (Wildman–Crippen LogP) is 4.84. The number of halogens is 2. The van der Waals surface area contributed by atoms with Crippen molar-refractivity contribution < 1.29 is 28.3 Å². The molecule has 1 aliphatic heterocycles. The first kappa shape index (κ1) is 23.4. The fraction of sp³-hybridized carbons (Fsp3) is 0.125. The van der Waals surface area contributed by atoms with E-state index in [9.17, 15) is 14.4 Å². The van der Waals surface area contributed by atoms with E-state index in [0.29, 0.717) is 32.9 Å². The molecule has 0 atom stereocenters. The van der Waals surface area contributed by atoms with Crippen molar-refractivity contribution in [2.24, 2.45) is 0 Å². The Morgan fingerprint density at radius 2 is 1.85 bits per heavy atom. The van der Waals surface area contributed by atoms with Crippen LogP contribution in [-0.2, 0) is 22.7 Å². The van der Waals surface area contributed by atoms with Crippen molar-refractivity contribution in [3.63, 3.8) is 0 Å². The summed E-state index contributed by atoms with van der Waals surface area (Å²) in [5.74, 6) is -0.276. The molecule has 0 saturated carbocycles. The lowest BCUT2D eigenvalue weighted by molar-refractivity contribution is -0.130. The van der Waals surface area contributed by atoms with Crippen molar-refractivity contribution in [1.82, 2.24) is 10.2 Å². The molecule has 4 rings (SSSR count). The summed E-state index contributed by atoms with van der Waals surface area (Å²) in [5.41, 5.74) is 1.12. The average molecular weight is 501 g/mol. The van der Waals surface area contributed by atoms with Gasteiger partial charge in [-0.15, -0.1) is 0 Å². The first-order chi connectivity index (χ1) is 16.4. The molecule has 1 fully saturated rings. The van der Waals surface area contributed by atoms with Crippen molar-refractivity contribution in [1.29, 1.82) is 0 Å². The molecule has 1 aliphatic rings. The van der Waals surface area contributed by atoms with E-state index < -0.39 is 17.8 Å². The molecule has 2 aromatic carbocycles. The maximum Gasteiger partial charge on any atom is 0.331 e. The van der Waals surface area contributed by atoms with E-state index in [4.69, 9.17) is 37.1 Å². The molecule has 0 bridgehead atoms. The fourth-order valence-electron chi connectivity index (χ4n) is 3.25. The van der Waals surface area contributed by atoms with Gasteiger partial charge in [-0.05, 0) is 53.6 Å². The number of hydrogen-bond acceptors (Lipinski definition) is 6. The third kappa shape index (κ3) is 5.08. The lowest BCUT2D eigenvalue weighted by Crippen LogP contribution is -2.53. The van der Waals surface area contributed by atoms with E-state index in [1.54, 1.807) is 48.5 Å². The van der Waals surface area contributed by atoms with Crippen molar-refractivity contribution >= 4 is 47.1 Å². The van der Waals surface area contributed by atoms with E-state index in [-0.39, 0.29) is 18.7 Å². The van der Waals surface area contributed by atoms with Gasteiger partial charge in [0.2, 0.25) is 0 Å². The van der Waals surface area contributed by atoms with Gasteiger partial charge < -0.3 is 13.9 Å². The van der Waals surface area contributed by atoms with Gasteiger partial charge in [-0.25, -0.2) is 4.79 Å². The van der Waals surface area contributed by atoms with Gasteiger partial charge in [-0.3, -0.25) is 19.8 Å². The van der Waals surface area contributed by atoms with Crippen LogP contribution in [0.1, 0.15) is 16.9 Å².